The Morgan fingerprint density at radius 3 is 2.36 bits per heavy atom. The van der Waals surface area contributed by atoms with Crippen molar-refractivity contribution < 1.29 is 29.3 Å². The van der Waals surface area contributed by atoms with Gasteiger partial charge in [0.25, 0.3) is 0 Å². The molecule has 25 heavy (non-hydrogen) atoms. The maximum absolute atomic E-state index is 12.9. The highest BCUT2D eigenvalue weighted by molar-refractivity contribution is 7.58. The number of carboxylic acids is 2. The van der Waals surface area contributed by atoms with Gasteiger partial charge in [0.15, 0.2) is 0 Å². The summed E-state index contributed by atoms with van der Waals surface area (Å²) < 4.78 is 12.9. The van der Waals surface area contributed by atoms with E-state index in [0.29, 0.717) is 5.56 Å². The highest BCUT2D eigenvalue weighted by Gasteiger charge is 2.38. The molecule has 0 aliphatic carbocycles. The quantitative estimate of drug-likeness (QED) is 0.618. The molecule has 0 aromatic heterocycles. The summed E-state index contributed by atoms with van der Waals surface area (Å²) in [5.74, 6) is -3.55. The van der Waals surface area contributed by atoms with Crippen LogP contribution < -0.4 is 0 Å². The number of carboxylic acid groups (broad SMARTS) is 2. The Bertz CT molecular complexity index is 826. The third-order valence-corrected chi connectivity index (χ3v) is 6.91. The second kappa shape index (κ2) is 7.81. The molecule has 0 bridgehead atoms. The third kappa shape index (κ3) is 4.68. The SMILES string of the molecule is CC(C(CCC(=O)O)C(=O)O)P(=O)(O)Cc1cccc2ccccc12. The van der Waals surface area contributed by atoms with Gasteiger partial charge in [0.1, 0.15) is 0 Å². The van der Waals surface area contributed by atoms with Gasteiger partial charge >= 0.3 is 11.9 Å². The van der Waals surface area contributed by atoms with Gasteiger partial charge < -0.3 is 15.1 Å². The van der Waals surface area contributed by atoms with Gasteiger partial charge in [-0.15, -0.1) is 0 Å². The summed E-state index contributed by atoms with van der Waals surface area (Å²) in [5.41, 5.74) is -0.360. The highest BCUT2D eigenvalue weighted by Crippen LogP contribution is 2.53. The third-order valence-electron chi connectivity index (χ3n) is 4.48. The van der Waals surface area contributed by atoms with Crippen LogP contribution in [0.5, 0.6) is 0 Å². The van der Waals surface area contributed by atoms with E-state index in [9.17, 15) is 24.2 Å². The first kappa shape index (κ1) is 19.2. The van der Waals surface area contributed by atoms with Crippen molar-refractivity contribution in [2.24, 2.45) is 5.92 Å². The van der Waals surface area contributed by atoms with Crippen molar-refractivity contribution in [2.45, 2.75) is 31.6 Å². The molecule has 2 rings (SSSR count). The van der Waals surface area contributed by atoms with Gasteiger partial charge in [-0.05, 0) is 22.8 Å². The summed E-state index contributed by atoms with van der Waals surface area (Å²) in [7, 11) is -3.85. The van der Waals surface area contributed by atoms with E-state index in [-0.39, 0.29) is 19.0 Å². The van der Waals surface area contributed by atoms with Crippen LogP contribution >= 0.6 is 7.37 Å². The van der Waals surface area contributed by atoms with Gasteiger partial charge in [-0.25, -0.2) is 0 Å². The van der Waals surface area contributed by atoms with Crippen LogP contribution in [0.2, 0.25) is 0 Å². The summed E-state index contributed by atoms with van der Waals surface area (Å²) in [6.07, 6.45) is -0.673. The van der Waals surface area contributed by atoms with Crippen molar-refractivity contribution in [3.63, 3.8) is 0 Å². The summed E-state index contributed by atoms with van der Waals surface area (Å²) in [5, 5.41) is 19.9. The summed E-state index contributed by atoms with van der Waals surface area (Å²) in [6, 6.07) is 12.9. The van der Waals surface area contributed by atoms with Gasteiger partial charge in [-0.1, -0.05) is 49.4 Å². The molecular formula is C18H21O6P. The molecular weight excluding hydrogens is 343 g/mol. The van der Waals surface area contributed by atoms with Crippen molar-refractivity contribution in [1.29, 1.82) is 0 Å². The Hall–Kier alpha value is -2.17. The van der Waals surface area contributed by atoms with E-state index < -0.39 is 30.9 Å². The van der Waals surface area contributed by atoms with E-state index in [1.165, 1.54) is 6.92 Å². The molecule has 0 spiro atoms. The van der Waals surface area contributed by atoms with Crippen LogP contribution in [-0.4, -0.2) is 32.7 Å². The number of hydrogen-bond acceptors (Lipinski definition) is 3. The molecule has 0 saturated heterocycles. The Labute approximate surface area is 145 Å². The minimum atomic E-state index is -3.85. The zero-order chi connectivity index (χ0) is 18.6. The number of benzene rings is 2. The zero-order valence-electron chi connectivity index (χ0n) is 13.8. The van der Waals surface area contributed by atoms with Crippen LogP contribution in [-0.2, 0) is 20.3 Å². The average Bonchev–Trinajstić information content (AvgIpc) is 2.54. The number of carbonyl (C=O) groups is 2. The van der Waals surface area contributed by atoms with Crippen LogP contribution in [0.3, 0.4) is 0 Å². The molecule has 0 saturated carbocycles. The monoisotopic (exact) mass is 364 g/mol. The fourth-order valence-corrected chi connectivity index (χ4v) is 4.84. The number of aliphatic carboxylic acids is 2. The standard InChI is InChI=1S/C18H21O6P/c1-12(15(18(21)22)9-10-17(19)20)25(23,24)11-14-7-4-6-13-5-2-3-8-16(13)14/h2-8,12,15H,9-11H2,1H3,(H,19,20)(H,21,22)(H,23,24). The maximum atomic E-state index is 12.9. The van der Waals surface area contributed by atoms with Crippen molar-refractivity contribution in [1.82, 2.24) is 0 Å². The summed E-state index contributed by atoms with van der Waals surface area (Å²) in [4.78, 5) is 32.7. The first-order valence-electron chi connectivity index (χ1n) is 7.95. The smallest absolute Gasteiger partial charge is 0.307 e. The molecule has 0 heterocycles. The lowest BCUT2D eigenvalue weighted by Gasteiger charge is -2.25. The van der Waals surface area contributed by atoms with Gasteiger partial charge in [-0.2, -0.15) is 0 Å². The molecule has 2 aromatic rings. The predicted molar refractivity (Wildman–Crippen MR) is 94.9 cm³/mol. The largest absolute Gasteiger partial charge is 0.481 e. The minimum Gasteiger partial charge on any atom is -0.481 e. The molecule has 0 aliphatic heterocycles. The van der Waals surface area contributed by atoms with Gasteiger partial charge in [0.2, 0.25) is 7.37 Å². The molecule has 0 fully saturated rings. The van der Waals surface area contributed by atoms with Crippen LogP contribution in [0.25, 0.3) is 10.8 Å². The molecule has 3 N–H and O–H groups in total. The van der Waals surface area contributed by atoms with Crippen LogP contribution in [0, 0.1) is 5.92 Å². The van der Waals surface area contributed by atoms with E-state index in [1.54, 1.807) is 12.1 Å². The van der Waals surface area contributed by atoms with E-state index >= 15 is 0 Å². The topological polar surface area (TPSA) is 112 Å². The zero-order valence-corrected chi connectivity index (χ0v) is 14.7. The van der Waals surface area contributed by atoms with Crippen molar-refractivity contribution in [3.05, 3.63) is 48.0 Å². The summed E-state index contributed by atoms with van der Waals surface area (Å²) in [6.45, 7) is 1.41. The molecule has 3 atom stereocenters. The normalized spacial score (nSPS) is 16.1. The van der Waals surface area contributed by atoms with Crippen molar-refractivity contribution in [3.8, 4) is 0 Å². The Morgan fingerprint density at radius 1 is 1.08 bits per heavy atom. The molecule has 2 aromatic carbocycles. The molecule has 0 amide bonds. The van der Waals surface area contributed by atoms with Gasteiger partial charge in [-0.3, -0.25) is 14.2 Å². The second-order valence-electron chi connectivity index (χ2n) is 6.17. The first-order chi connectivity index (χ1) is 11.7. The second-order valence-corrected chi connectivity index (χ2v) is 8.81. The number of rotatable bonds is 8. The van der Waals surface area contributed by atoms with Crippen molar-refractivity contribution >= 4 is 30.1 Å². The highest BCUT2D eigenvalue weighted by atomic mass is 31.2. The van der Waals surface area contributed by atoms with E-state index in [1.807, 2.05) is 30.3 Å². The number of hydrogen-bond donors (Lipinski definition) is 3. The summed E-state index contributed by atoms with van der Waals surface area (Å²) >= 11 is 0. The van der Waals surface area contributed by atoms with Gasteiger partial charge in [0, 0.05) is 12.1 Å². The molecule has 7 heteroatoms. The molecule has 0 radical (unpaired) electrons. The fraction of sp³-hybridized carbons (Fsp3) is 0.333. The lowest BCUT2D eigenvalue weighted by atomic mass is 10.0. The molecule has 134 valence electrons. The minimum absolute atomic E-state index is 0.146. The Morgan fingerprint density at radius 2 is 1.72 bits per heavy atom. The van der Waals surface area contributed by atoms with Crippen LogP contribution in [0.15, 0.2) is 42.5 Å². The average molecular weight is 364 g/mol. The lowest BCUT2D eigenvalue weighted by Crippen LogP contribution is -2.27. The predicted octanol–water partition coefficient (Wildman–Crippen LogP) is 3.56. The molecule has 3 unspecified atom stereocenters. The fourth-order valence-electron chi connectivity index (χ4n) is 2.95. The lowest BCUT2D eigenvalue weighted by molar-refractivity contribution is -0.143. The first-order valence-corrected chi connectivity index (χ1v) is 9.86. The Kier molecular flexibility index (Phi) is 5.98. The van der Waals surface area contributed by atoms with Gasteiger partial charge in [0.05, 0.1) is 12.1 Å². The molecule has 6 nitrogen and oxygen atoms in total. The molecule has 0 aliphatic rings. The Balaban J connectivity index is 2.28. The van der Waals surface area contributed by atoms with Crippen LogP contribution in [0.1, 0.15) is 25.3 Å². The van der Waals surface area contributed by atoms with Crippen molar-refractivity contribution in [2.75, 3.05) is 0 Å². The van der Waals surface area contributed by atoms with Crippen LogP contribution in [0.4, 0.5) is 0 Å². The number of fused-ring (bicyclic) bond motifs is 1. The van der Waals surface area contributed by atoms with E-state index in [0.717, 1.165) is 10.8 Å². The van der Waals surface area contributed by atoms with E-state index in [2.05, 4.69) is 0 Å². The van der Waals surface area contributed by atoms with E-state index in [4.69, 9.17) is 5.11 Å². The maximum Gasteiger partial charge on any atom is 0.307 e.